The lowest BCUT2D eigenvalue weighted by Gasteiger charge is -2.42. The van der Waals surface area contributed by atoms with Crippen LogP contribution in [-0.2, 0) is 11.2 Å². The standard InChI is InChI=1S/C28H26N2O7S/c1-32-18-10-9-17-21(24(18)33-2)27(31)37-23(17)22-20-15(13-19-25(26(20)34-3)36-14-35-19)11-12-30(22)28(38)29-16-7-5-4-6-8-16/h4-10,13,22-23H,11-12,14H2,1-3H3,(H,29,38). The SMILES string of the molecule is COc1ccc2c(c1OC)C(=O)OC2C1c2c(cc3c(c2OC)OCO3)CCN1C(=S)Nc1ccccc1. The van der Waals surface area contributed by atoms with Gasteiger partial charge < -0.3 is 38.6 Å². The molecule has 0 radical (unpaired) electrons. The molecule has 0 aliphatic carbocycles. The van der Waals surface area contributed by atoms with Gasteiger partial charge in [0.1, 0.15) is 11.6 Å². The summed E-state index contributed by atoms with van der Waals surface area (Å²) in [6.45, 7) is 0.686. The Kier molecular flexibility index (Phi) is 6.11. The van der Waals surface area contributed by atoms with Crippen molar-refractivity contribution in [3.8, 4) is 28.7 Å². The summed E-state index contributed by atoms with van der Waals surface area (Å²) in [5.41, 5.74) is 3.72. The van der Waals surface area contributed by atoms with Gasteiger partial charge in [0.05, 0.1) is 21.3 Å². The minimum Gasteiger partial charge on any atom is -0.493 e. The molecule has 3 aromatic rings. The Morgan fingerprint density at radius 2 is 1.82 bits per heavy atom. The highest BCUT2D eigenvalue weighted by atomic mass is 32.1. The fraction of sp³-hybridized carbons (Fsp3) is 0.286. The minimum atomic E-state index is -0.707. The number of hydrogen-bond donors (Lipinski definition) is 1. The quantitative estimate of drug-likeness (QED) is 0.369. The van der Waals surface area contributed by atoms with Gasteiger partial charge in [-0.25, -0.2) is 4.79 Å². The third kappa shape index (κ3) is 3.75. The molecule has 0 fully saturated rings. The largest absolute Gasteiger partial charge is 0.493 e. The van der Waals surface area contributed by atoms with E-state index < -0.39 is 18.1 Å². The van der Waals surface area contributed by atoms with E-state index in [0.29, 0.717) is 58.0 Å². The molecule has 0 amide bonds. The van der Waals surface area contributed by atoms with E-state index in [2.05, 4.69) is 5.32 Å². The molecule has 3 aromatic carbocycles. The van der Waals surface area contributed by atoms with E-state index in [1.54, 1.807) is 13.2 Å². The van der Waals surface area contributed by atoms with E-state index in [-0.39, 0.29) is 6.79 Å². The molecule has 6 rings (SSSR count). The van der Waals surface area contributed by atoms with Crippen LogP contribution in [0, 0.1) is 0 Å². The first-order chi connectivity index (χ1) is 18.5. The Hall–Kier alpha value is -4.18. The van der Waals surface area contributed by atoms with E-state index >= 15 is 0 Å². The number of nitrogens with zero attached hydrogens (tertiary/aromatic N) is 1. The van der Waals surface area contributed by atoms with Crippen LogP contribution in [0.5, 0.6) is 28.7 Å². The van der Waals surface area contributed by atoms with Crippen LogP contribution in [0.15, 0.2) is 48.5 Å². The lowest BCUT2D eigenvalue weighted by molar-refractivity contribution is 0.0164. The topological polar surface area (TPSA) is 87.7 Å². The molecule has 3 aliphatic heterocycles. The lowest BCUT2D eigenvalue weighted by Crippen LogP contribution is -2.44. The summed E-state index contributed by atoms with van der Waals surface area (Å²) in [4.78, 5) is 15.3. The average molecular weight is 535 g/mol. The first kappa shape index (κ1) is 24.2. The van der Waals surface area contributed by atoms with E-state index in [4.69, 9.17) is 40.6 Å². The maximum absolute atomic E-state index is 13.3. The molecule has 0 aromatic heterocycles. The van der Waals surface area contributed by atoms with Gasteiger partial charge in [0.25, 0.3) is 0 Å². The van der Waals surface area contributed by atoms with Crippen molar-refractivity contribution in [1.82, 2.24) is 4.90 Å². The van der Waals surface area contributed by atoms with E-state index in [9.17, 15) is 4.79 Å². The van der Waals surface area contributed by atoms with Crippen LogP contribution in [0.2, 0.25) is 0 Å². The number of thiocarbonyl (C=S) groups is 1. The number of benzene rings is 3. The molecular weight excluding hydrogens is 508 g/mol. The second-order valence-electron chi connectivity index (χ2n) is 8.99. The predicted molar refractivity (Wildman–Crippen MR) is 143 cm³/mol. The Balaban J connectivity index is 1.51. The molecule has 0 saturated carbocycles. The van der Waals surface area contributed by atoms with Gasteiger partial charge in [-0.3, -0.25) is 0 Å². The molecule has 3 heterocycles. The number of carbonyl (C=O) groups is 1. The van der Waals surface area contributed by atoms with Gasteiger partial charge >= 0.3 is 5.97 Å². The normalized spacial score (nSPS) is 18.8. The van der Waals surface area contributed by atoms with Crippen LogP contribution >= 0.6 is 12.2 Å². The van der Waals surface area contributed by atoms with Gasteiger partial charge in [-0.2, -0.15) is 0 Å². The van der Waals surface area contributed by atoms with Crippen LogP contribution < -0.4 is 29.0 Å². The number of para-hydroxylation sites is 1. The fourth-order valence-corrected chi connectivity index (χ4v) is 5.79. The number of cyclic esters (lactones) is 1. The Morgan fingerprint density at radius 3 is 2.55 bits per heavy atom. The molecule has 0 saturated heterocycles. The molecule has 0 spiro atoms. The number of hydrogen-bond acceptors (Lipinski definition) is 8. The van der Waals surface area contributed by atoms with Crippen LogP contribution in [0.3, 0.4) is 0 Å². The van der Waals surface area contributed by atoms with Crippen LogP contribution in [-0.4, -0.2) is 50.6 Å². The molecule has 1 N–H and O–H groups in total. The summed E-state index contributed by atoms with van der Waals surface area (Å²) in [5, 5.41) is 3.83. The van der Waals surface area contributed by atoms with Gasteiger partial charge in [-0.15, -0.1) is 0 Å². The maximum atomic E-state index is 13.3. The second-order valence-corrected chi connectivity index (χ2v) is 9.38. The fourth-order valence-electron chi connectivity index (χ4n) is 5.47. The molecular formula is C28H26N2O7S. The predicted octanol–water partition coefficient (Wildman–Crippen LogP) is 4.65. The smallest absolute Gasteiger partial charge is 0.343 e. The molecule has 2 unspecified atom stereocenters. The number of rotatable bonds is 5. The number of esters is 1. The van der Waals surface area contributed by atoms with E-state index in [1.165, 1.54) is 14.2 Å². The minimum absolute atomic E-state index is 0.106. The highest BCUT2D eigenvalue weighted by molar-refractivity contribution is 7.80. The number of carbonyl (C=O) groups excluding carboxylic acids is 1. The molecule has 2 atom stereocenters. The summed E-state index contributed by atoms with van der Waals surface area (Å²) in [6, 6.07) is 14.8. The summed E-state index contributed by atoms with van der Waals surface area (Å²) in [6.07, 6.45) is -0.0318. The van der Waals surface area contributed by atoms with Gasteiger partial charge in [-0.1, -0.05) is 24.3 Å². The molecule has 196 valence electrons. The third-order valence-corrected chi connectivity index (χ3v) is 7.43. The van der Waals surface area contributed by atoms with Crippen molar-refractivity contribution in [1.29, 1.82) is 0 Å². The van der Waals surface area contributed by atoms with Gasteiger partial charge in [-0.05, 0) is 48.5 Å². The van der Waals surface area contributed by atoms with Crippen molar-refractivity contribution in [2.75, 3.05) is 40.0 Å². The second kappa shape index (κ2) is 9.60. The van der Waals surface area contributed by atoms with Crippen molar-refractivity contribution in [3.63, 3.8) is 0 Å². The van der Waals surface area contributed by atoms with Crippen molar-refractivity contribution < 1.29 is 33.2 Å². The zero-order valence-electron chi connectivity index (χ0n) is 21.1. The van der Waals surface area contributed by atoms with Gasteiger partial charge in [0.2, 0.25) is 12.5 Å². The number of methoxy groups -OCH3 is 3. The Labute approximate surface area is 225 Å². The van der Waals surface area contributed by atoms with Gasteiger partial charge in [0.15, 0.2) is 34.2 Å². The zero-order chi connectivity index (χ0) is 26.4. The molecule has 9 nitrogen and oxygen atoms in total. The van der Waals surface area contributed by atoms with E-state index in [1.807, 2.05) is 47.4 Å². The van der Waals surface area contributed by atoms with Crippen molar-refractivity contribution in [2.24, 2.45) is 0 Å². The number of fused-ring (bicyclic) bond motifs is 3. The summed E-state index contributed by atoms with van der Waals surface area (Å²) < 4.78 is 34.5. The van der Waals surface area contributed by atoms with Crippen LogP contribution in [0.1, 0.15) is 39.2 Å². The summed E-state index contributed by atoms with van der Waals surface area (Å²) in [5.74, 6) is 1.99. The number of anilines is 1. The first-order valence-corrected chi connectivity index (χ1v) is 12.5. The van der Waals surface area contributed by atoms with Gasteiger partial charge in [0, 0.05) is 23.4 Å². The Bertz CT molecular complexity index is 1430. The molecule has 0 bridgehead atoms. The van der Waals surface area contributed by atoms with Crippen molar-refractivity contribution in [2.45, 2.75) is 18.6 Å². The summed E-state index contributed by atoms with van der Waals surface area (Å²) >= 11 is 5.93. The number of ether oxygens (including phenoxy) is 6. The summed E-state index contributed by atoms with van der Waals surface area (Å²) in [7, 11) is 4.63. The molecule has 38 heavy (non-hydrogen) atoms. The average Bonchev–Trinajstić information content (AvgIpc) is 3.55. The highest BCUT2D eigenvalue weighted by Gasteiger charge is 2.47. The van der Waals surface area contributed by atoms with E-state index in [0.717, 1.165) is 16.8 Å². The lowest BCUT2D eigenvalue weighted by atomic mass is 9.85. The highest BCUT2D eigenvalue weighted by Crippen LogP contribution is 2.55. The maximum Gasteiger partial charge on any atom is 0.343 e. The van der Waals surface area contributed by atoms with Crippen molar-refractivity contribution in [3.05, 3.63) is 70.8 Å². The third-order valence-electron chi connectivity index (χ3n) is 7.10. The first-order valence-electron chi connectivity index (χ1n) is 12.1. The van der Waals surface area contributed by atoms with Crippen LogP contribution in [0.25, 0.3) is 0 Å². The monoisotopic (exact) mass is 534 g/mol. The van der Waals surface area contributed by atoms with Crippen molar-refractivity contribution >= 4 is 29.0 Å². The molecule has 10 heteroatoms. The number of nitrogens with one attached hydrogen (secondary N) is 1. The van der Waals surface area contributed by atoms with Crippen LogP contribution in [0.4, 0.5) is 5.69 Å². The Morgan fingerprint density at radius 1 is 1.03 bits per heavy atom. The molecule has 3 aliphatic rings. The zero-order valence-corrected chi connectivity index (χ0v) is 21.9.